The lowest BCUT2D eigenvalue weighted by Gasteiger charge is -2.26. The molecule has 0 bridgehead atoms. The Morgan fingerprint density at radius 1 is 1.20 bits per heavy atom. The SMILES string of the molecule is O=C(Nc1nnc(-c2ccccc2)s1)N1CCOCC1. The molecule has 1 aliphatic heterocycles. The Labute approximate surface area is 120 Å². The van der Waals surface area contributed by atoms with Crippen LogP contribution in [-0.2, 0) is 4.74 Å². The number of carbonyl (C=O) groups is 1. The number of anilines is 1. The lowest BCUT2D eigenvalue weighted by atomic mass is 10.2. The molecule has 2 heterocycles. The van der Waals surface area contributed by atoms with Gasteiger partial charge in [-0.3, -0.25) is 5.32 Å². The summed E-state index contributed by atoms with van der Waals surface area (Å²) in [4.78, 5) is 13.7. The van der Waals surface area contributed by atoms with E-state index < -0.39 is 0 Å². The summed E-state index contributed by atoms with van der Waals surface area (Å²) in [6, 6.07) is 9.63. The number of nitrogens with zero attached hydrogens (tertiary/aromatic N) is 3. The van der Waals surface area contributed by atoms with Crippen LogP contribution in [0.5, 0.6) is 0 Å². The molecule has 1 aromatic heterocycles. The number of urea groups is 1. The van der Waals surface area contributed by atoms with E-state index in [0.29, 0.717) is 31.4 Å². The van der Waals surface area contributed by atoms with E-state index in [9.17, 15) is 4.79 Å². The Hall–Kier alpha value is -1.99. The lowest BCUT2D eigenvalue weighted by Crippen LogP contribution is -2.43. The van der Waals surface area contributed by atoms with E-state index in [-0.39, 0.29) is 6.03 Å². The highest BCUT2D eigenvalue weighted by molar-refractivity contribution is 7.18. The number of aromatic nitrogens is 2. The van der Waals surface area contributed by atoms with Crippen LogP contribution in [0.2, 0.25) is 0 Å². The van der Waals surface area contributed by atoms with Gasteiger partial charge in [-0.05, 0) is 0 Å². The largest absolute Gasteiger partial charge is 0.378 e. The number of carbonyl (C=O) groups excluding carboxylic acids is 1. The highest BCUT2D eigenvalue weighted by atomic mass is 32.1. The molecule has 0 atom stereocenters. The van der Waals surface area contributed by atoms with Gasteiger partial charge in [-0.1, -0.05) is 41.7 Å². The number of ether oxygens (including phenoxy) is 1. The van der Waals surface area contributed by atoms with Crippen molar-refractivity contribution in [3.05, 3.63) is 30.3 Å². The van der Waals surface area contributed by atoms with Gasteiger partial charge in [-0.15, -0.1) is 10.2 Å². The molecule has 0 spiro atoms. The zero-order chi connectivity index (χ0) is 13.8. The molecule has 6 nitrogen and oxygen atoms in total. The minimum atomic E-state index is -0.149. The Balaban J connectivity index is 1.66. The average molecular weight is 290 g/mol. The van der Waals surface area contributed by atoms with Gasteiger partial charge in [0.25, 0.3) is 0 Å². The van der Waals surface area contributed by atoms with E-state index >= 15 is 0 Å². The van der Waals surface area contributed by atoms with Crippen molar-refractivity contribution >= 4 is 22.5 Å². The molecule has 3 rings (SSSR count). The number of hydrogen-bond donors (Lipinski definition) is 1. The first-order chi connectivity index (χ1) is 9.83. The van der Waals surface area contributed by atoms with Crippen LogP contribution in [0.3, 0.4) is 0 Å². The number of hydrogen-bond acceptors (Lipinski definition) is 5. The summed E-state index contributed by atoms with van der Waals surface area (Å²) in [6.07, 6.45) is 0. The first-order valence-electron chi connectivity index (χ1n) is 6.35. The van der Waals surface area contributed by atoms with E-state index in [1.165, 1.54) is 11.3 Å². The van der Waals surface area contributed by atoms with Crippen molar-refractivity contribution in [1.29, 1.82) is 0 Å². The molecular weight excluding hydrogens is 276 g/mol. The second kappa shape index (κ2) is 5.98. The zero-order valence-corrected chi connectivity index (χ0v) is 11.6. The molecule has 1 fully saturated rings. The van der Waals surface area contributed by atoms with Crippen LogP contribution in [0.15, 0.2) is 30.3 Å². The molecule has 0 aliphatic carbocycles. The number of morpholine rings is 1. The molecule has 1 aromatic carbocycles. The van der Waals surface area contributed by atoms with E-state index in [1.54, 1.807) is 4.90 Å². The predicted octanol–water partition coefficient (Wildman–Crippen LogP) is 2.07. The zero-order valence-electron chi connectivity index (χ0n) is 10.8. The summed E-state index contributed by atoms with van der Waals surface area (Å²) in [5, 5.41) is 12.2. The first kappa shape index (κ1) is 13.0. The maximum Gasteiger partial charge on any atom is 0.323 e. The highest BCUT2D eigenvalue weighted by Crippen LogP contribution is 2.26. The average Bonchev–Trinajstić information content (AvgIpc) is 2.97. The fourth-order valence-corrected chi connectivity index (χ4v) is 2.65. The maximum atomic E-state index is 12.0. The molecule has 1 saturated heterocycles. The van der Waals surface area contributed by atoms with Gasteiger partial charge in [0, 0.05) is 18.7 Å². The fraction of sp³-hybridized carbons (Fsp3) is 0.308. The lowest BCUT2D eigenvalue weighted by molar-refractivity contribution is 0.0564. The van der Waals surface area contributed by atoms with Crippen LogP contribution in [0.1, 0.15) is 0 Å². The summed E-state index contributed by atoms with van der Waals surface area (Å²) in [7, 11) is 0. The summed E-state index contributed by atoms with van der Waals surface area (Å²) < 4.78 is 5.21. The van der Waals surface area contributed by atoms with E-state index in [0.717, 1.165) is 10.6 Å². The third-order valence-corrected chi connectivity index (χ3v) is 3.85. The molecule has 0 saturated carbocycles. The minimum Gasteiger partial charge on any atom is -0.378 e. The highest BCUT2D eigenvalue weighted by Gasteiger charge is 2.18. The summed E-state index contributed by atoms with van der Waals surface area (Å²) in [5.41, 5.74) is 0.997. The Kier molecular flexibility index (Phi) is 3.89. The number of benzene rings is 1. The van der Waals surface area contributed by atoms with Gasteiger partial charge in [-0.2, -0.15) is 0 Å². The Bertz CT molecular complexity index is 581. The van der Waals surface area contributed by atoms with Crippen LogP contribution in [0.4, 0.5) is 9.93 Å². The van der Waals surface area contributed by atoms with Crippen LogP contribution >= 0.6 is 11.3 Å². The van der Waals surface area contributed by atoms with Crippen molar-refractivity contribution in [1.82, 2.24) is 15.1 Å². The molecule has 1 N–H and O–H groups in total. The molecule has 1 aliphatic rings. The van der Waals surface area contributed by atoms with Gasteiger partial charge in [-0.25, -0.2) is 4.79 Å². The van der Waals surface area contributed by atoms with E-state index in [2.05, 4.69) is 15.5 Å². The predicted molar refractivity (Wildman–Crippen MR) is 76.8 cm³/mol. The molecule has 2 aromatic rings. The molecule has 0 unspecified atom stereocenters. The minimum absolute atomic E-state index is 0.149. The third kappa shape index (κ3) is 2.94. The van der Waals surface area contributed by atoms with Gasteiger partial charge >= 0.3 is 6.03 Å². The Morgan fingerprint density at radius 2 is 1.95 bits per heavy atom. The van der Waals surface area contributed by atoms with Crippen molar-refractivity contribution in [2.24, 2.45) is 0 Å². The molecule has 20 heavy (non-hydrogen) atoms. The van der Waals surface area contributed by atoms with Crippen molar-refractivity contribution in [3.63, 3.8) is 0 Å². The van der Waals surface area contributed by atoms with Crippen molar-refractivity contribution in [2.45, 2.75) is 0 Å². The second-order valence-corrected chi connectivity index (χ2v) is 5.29. The molecule has 7 heteroatoms. The number of nitrogens with one attached hydrogen (secondary N) is 1. The summed E-state index contributed by atoms with van der Waals surface area (Å²) >= 11 is 1.37. The quantitative estimate of drug-likeness (QED) is 0.919. The van der Waals surface area contributed by atoms with Crippen LogP contribution in [0.25, 0.3) is 10.6 Å². The topological polar surface area (TPSA) is 67.4 Å². The van der Waals surface area contributed by atoms with Crippen LogP contribution in [0, 0.1) is 0 Å². The van der Waals surface area contributed by atoms with Gasteiger partial charge < -0.3 is 9.64 Å². The van der Waals surface area contributed by atoms with Crippen molar-refractivity contribution < 1.29 is 9.53 Å². The van der Waals surface area contributed by atoms with Crippen LogP contribution in [-0.4, -0.2) is 47.4 Å². The van der Waals surface area contributed by atoms with Crippen molar-refractivity contribution in [2.75, 3.05) is 31.6 Å². The van der Waals surface area contributed by atoms with Crippen molar-refractivity contribution in [3.8, 4) is 10.6 Å². The third-order valence-electron chi connectivity index (χ3n) is 2.96. The Morgan fingerprint density at radius 3 is 2.70 bits per heavy atom. The second-order valence-electron chi connectivity index (χ2n) is 4.31. The number of amides is 2. The van der Waals surface area contributed by atoms with E-state index in [1.807, 2.05) is 30.3 Å². The van der Waals surface area contributed by atoms with Gasteiger partial charge in [0.05, 0.1) is 13.2 Å². The number of rotatable bonds is 2. The molecular formula is C13H14N4O2S. The monoisotopic (exact) mass is 290 g/mol. The maximum absolute atomic E-state index is 12.0. The van der Waals surface area contributed by atoms with Crippen LogP contribution < -0.4 is 5.32 Å². The standard InChI is InChI=1S/C13H14N4O2S/c18-13(17-6-8-19-9-7-17)14-12-16-15-11(20-12)10-4-2-1-3-5-10/h1-5H,6-9H2,(H,14,16,18). The normalized spacial score (nSPS) is 15.1. The molecule has 2 amide bonds. The first-order valence-corrected chi connectivity index (χ1v) is 7.17. The van der Waals surface area contributed by atoms with E-state index in [4.69, 9.17) is 4.74 Å². The van der Waals surface area contributed by atoms with Gasteiger partial charge in [0.1, 0.15) is 5.01 Å². The van der Waals surface area contributed by atoms with Gasteiger partial charge in [0.15, 0.2) is 0 Å². The molecule has 104 valence electrons. The van der Waals surface area contributed by atoms with Gasteiger partial charge in [0.2, 0.25) is 5.13 Å². The smallest absolute Gasteiger partial charge is 0.323 e. The molecule has 0 radical (unpaired) electrons. The summed E-state index contributed by atoms with van der Waals surface area (Å²) in [5.74, 6) is 0. The summed E-state index contributed by atoms with van der Waals surface area (Å²) in [6.45, 7) is 2.38. The fourth-order valence-electron chi connectivity index (χ4n) is 1.91.